The fourth-order valence-electron chi connectivity index (χ4n) is 2.83. The molecule has 1 heterocycles. The lowest BCUT2D eigenvalue weighted by Gasteiger charge is -2.05. The zero-order chi connectivity index (χ0) is 12.2. The van der Waals surface area contributed by atoms with E-state index >= 15 is 0 Å². The van der Waals surface area contributed by atoms with Crippen LogP contribution in [0.25, 0.3) is 0 Å². The molecule has 17 heavy (non-hydrogen) atoms. The van der Waals surface area contributed by atoms with Crippen molar-refractivity contribution in [3.8, 4) is 12.1 Å². The lowest BCUT2D eigenvalue weighted by Crippen LogP contribution is -2.22. The van der Waals surface area contributed by atoms with E-state index in [0.717, 1.165) is 16.8 Å². The number of nitriles is 2. The summed E-state index contributed by atoms with van der Waals surface area (Å²) in [4.78, 5) is 12.1. The third kappa shape index (κ3) is 0.933. The maximum absolute atomic E-state index is 12.1. The molecular formula is C13H9N3O. The zero-order valence-electron chi connectivity index (χ0n) is 9.19. The van der Waals surface area contributed by atoms with Gasteiger partial charge in [-0.3, -0.25) is 4.79 Å². The number of fused-ring (bicyclic) bond motifs is 2. The van der Waals surface area contributed by atoms with Gasteiger partial charge in [-0.15, -0.1) is 0 Å². The minimum absolute atomic E-state index is 0.212. The minimum atomic E-state index is -0.910. The van der Waals surface area contributed by atoms with Gasteiger partial charge in [0.2, 0.25) is 5.91 Å². The van der Waals surface area contributed by atoms with Crippen molar-refractivity contribution in [1.29, 1.82) is 10.5 Å². The van der Waals surface area contributed by atoms with Crippen LogP contribution < -0.4 is 5.32 Å². The van der Waals surface area contributed by atoms with Gasteiger partial charge in [-0.05, 0) is 24.1 Å². The minimum Gasteiger partial charge on any atom is -0.325 e. The van der Waals surface area contributed by atoms with Gasteiger partial charge in [-0.25, -0.2) is 0 Å². The number of rotatable bonds is 0. The molecule has 1 fully saturated rings. The van der Waals surface area contributed by atoms with Crippen molar-refractivity contribution in [3.63, 3.8) is 0 Å². The van der Waals surface area contributed by atoms with E-state index in [2.05, 4.69) is 17.5 Å². The van der Waals surface area contributed by atoms with E-state index in [1.807, 2.05) is 25.1 Å². The van der Waals surface area contributed by atoms with Crippen LogP contribution in [0.4, 0.5) is 5.69 Å². The Balaban J connectivity index is 2.21. The maximum Gasteiger partial charge on any atom is 0.237 e. The Labute approximate surface area is 98.5 Å². The summed E-state index contributed by atoms with van der Waals surface area (Å²) < 4.78 is 0. The first kappa shape index (κ1) is 9.86. The van der Waals surface area contributed by atoms with E-state index < -0.39 is 17.3 Å². The third-order valence-corrected chi connectivity index (χ3v) is 3.73. The molecule has 0 bridgehead atoms. The third-order valence-electron chi connectivity index (χ3n) is 3.73. The normalized spacial score (nSPS) is 32.5. The smallest absolute Gasteiger partial charge is 0.237 e. The summed E-state index contributed by atoms with van der Waals surface area (Å²) in [5, 5.41) is 20.9. The summed E-state index contributed by atoms with van der Waals surface area (Å²) in [6.45, 7) is 1.94. The number of amides is 1. The highest BCUT2D eigenvalue weighted by Gasteiger charge is 2.74. The highest BCUT2D eigenvalue weighted by Crippen LogP contribution is 2.64. The van der Waals surface area contributed by atoms with Gasteiger partial charge in [0.15, 0.2) is 0 Å². The van der Waals surface area contributed by atoms with Crippen LogP contribution in [0.1, 0.15) is 11.1 Å². The van der Waals surface area contributed by atoms with Gasteiger partial charge in [-0.1, -0.05) is 12.1 Å². The number of aryl methyl sites for hydroxylation is 1. The Kier molecular flexibility index (Phi) is 1.66. The number of benzene rings is 1. The van der Waals surface area contributed by atoms with Crippen LogP contribution in [0.3, 0.4) is 0 Å². The van der Waals surface area contributed by atoms with Crippen LogP contribution in [-0.4, -0.2) is 5.91 Å². The maximum atomic E-state index is 12.1. The van der Waals surface area contributed by atoms with Crippen molar-refractivity contribution >= 4 is 11.6 Å². The molecule has 1 aromatic carbocycles. The van der Waals surface area contributed by atoms with Gasteiger partial charge in [0, 0.05) is 5.69 Å². The molecule has 4 nitrogen and oxygen atoms in total. The summed E-state index contributed by atoms with van der Waals surface area (Å²) in [5.41, 5.74) is 1.68. The monoisotopic (exact) mass is 223 g/mol. The van der Waals surface area contributed by atoms with Gasteiger partial charge < -0.3 is 5.32 Å². The first-order valence-electron chi connectivity index (χ1n) is 5.38. The number of nitrogens with one attached hydrogen (secondary N) is 1. The molecule has 2 aliphatic rings. The van der Waals surface area contributed by atoms with Gasteiger partial charge in [0.1, 0.15) is 5.41 Å². The molecule has 0 aromatic heterocycles. The zero-order valence-corrected chi connectivity index (χ0v) is 9.19. The predicted octanol–water partition coefficient (Wildman–Crippen LogP) is 1.48. The number of nitrogens with zero attached hydrogens (tertiary/aromatic N) is 2. The van der Waals surface area contributed by atoms with Crippen molar-refractivity contribution in [2.45, 2.75) is 12.3 Å². The second-order valence-electron chi connectivity index (χ2n) is 4.59. The van der Waals surface area contributed by atoms with Crippen LogP contribution >= 0.6 is 0 Å². The van der Waals surface area contributed by atoms with Crippen molar-refractivity contribution in [1.82, 2.24) is 0 Å². The highest BCUT2D eigenvalue weighted by molar-refractivity contribution is 6.10. The molecule has 2 atom stereocenters. The summed E-state index contributed by atoms with van der Waals surface area (Å²) in [6.07, 6.45) is 0. The van der Waals surface area contributed by atoms with E-state index in [9.17, 15) is 4.79 Å². The Morgan fingerprint density at radius 1 is 1.29 bits per heavy atom. The largest absolute Gasteiger partial charge is 0.325 e. The second kappa shape index (κ2) is 2.87. The molecule has 1 amide bonds. The molecule has 1 saturated carbocycles. The Hall–Kier alpha value is -2.33. The van der Waals surface area contributed by atoms with Crippen LogP contribution in [0.2, 0.25) is 0 Å². The second-order valence-corrected chi connectivity index (χ2v) is 4.59. The standard InChI is InChI=1S/C13H9N3O/c1-7-2-3-8-11(4-7)16-12(17)13(8)9(5-14)10(13)6-15/h2-4,9-10H,1H3,(H,16,17)/t9-,10-/m0/s1. The Morgan fingerprint density at radius 3 is 2.53 bits per heavy atom. The molecule has 1 aliphatic heterocycles. The van der Waals surface area contributed by atoms with E-state index in [1.54, 1.807) is 0 Å². The van der Waals surface area contributed by atoms with Crippen molar-refractivity contribution < 1.29 is 4.79 Å². The first-order valence-corrected chi connectivity index (χ1v) is 5.38. The average Bonchev–Trinajstić information content (AvgIpc) is 2.88. The van der Waals surface area contributed by atoms with Gasteiger partial charge >= 0.3 is 0 Å². The fourth-order valence-corrected chi connectivity index (χ4v) is 2.83. The fraction of sp³-hybridized carbons (Fsp3) is 0.308. The van der Waals surface area contributed by atoms with E-state index in [1.165, 1.54) is 0 Å². The van der Waals surface area contributed by atoms with Gasteiger partial charge in [-0.2, -0.15) is 10.5 Å². The van der Waals surface area contributed by atoms with E-state index in [-0.39, 0.29) is 5.91 Å². The summed E-state index contributed by atoms with van der Waals surface area (Å²) in [6, 6.07) is 9.78. The Morgan fingerprint density at radius 2 is 1.94 bits per heavy atom. The molecule has 0 radical (unpaired) electrons. The molecule has 82 valence electrons. The van der Waals surface area contributed by atoms with Crippen molar-refractivity contribution in [3.05, 3.63) is 29.3 Å². The van der Waals surface area contributed by atoms with Crippen molar-refractivity contribution in [2.24, 2.45) is 11.8 Å². The molecule has 1 N–H and O–H groups in total. The molecule has 4 heteroatoms. The molecule has 3 rings (SSSR count). The van der Waals surface area contributed by atoms with Crippen LogP contribution in [0.15, 0.2) is 18.2 Å². The predicted molar refractivity (Wildman–Crippen MR) is 59.7 cm³/mol. The molecule has 0 saturated heterocycles. The lowest BCUT2D eigenvalue weighted by molar-refractivity contribution is -0.118. The number of carbonyl (C=O) groups excluding carboxylic acids is 1. The van der Waals surface area contributed by atoms with Crippen molar-refractivity contribution in [2.75, 3.05) is 5.32 Å². The van der Waals surface area contributed by atoms with E-state index in [0.29, 0.717) is 0 Å². The van der Waals surface area contributed by atoms with Crippen LogP contribution in [-0.2, 0) is 10.2 Å². The Bertz CT molecular complexity index is 601. The number of hydrogen-bond acceptors (Lipinski definition) is 3. The number of hydrogen-bond donors (Lipinski definition) is 1. The first-order chi connectivity index (χ1) is 8.16. The summed E-state index contributed by atoms with van der Waals surface area (Å²) in [7, 11) is 0. The quantitative estimate of drug-likeness (QED) is 0.723. The molecular weight excluding hydrogens is 214 g/mol. The van der Waals surface area contributed by atoms with Crippen LogP contribution in [0, 0.1) is 41.4 Å². The molecule has 1 aliphatic carbocycles. The van der Waals surface area contributed by atoms with Gasteiger partial charge in [0.05, 0.1) is 24.0 Å². The topological polar surface area (TPSA) is 76.7 Å². The van der Waals surface area contributed by atoms with Crippen LogP contribution in [0.5, 0.6) is 0 Å². The lowest BCUT2D eigenvalue weighted by atomic mass is 9.93. The summed E-state index contributed by atoms with van der Waals surface area (Å²) in [5.74, 6) is -1.25. The molecule has 0 unspecified atom stereocenters. The van der Waals surface area contributed by atoms with E-state index in [4.69, 9.17) is 10.5 Å². The average molecular weight is 223 g/mol. The molecule has 1 aromatic rings. The number of anilines is 1. The highest BCUT2D eigenvalue weighted by atomic mass is 16.2. The van der Waals surface area contributed by atoms with Gasteiger partial charge in [0.25, 0.3) is 0 Å². The summed E-state index contributed by atoms with van der Waals surface area (Å²) >= 11 is 0. The SMILES string of the molecule is Cc1ccc2c(c1)NC(=O)C21[C@@H](C#N)[C@@H]1C#N. The molecule has 1 spiro atoms. The number of carbonyl (C=O) groups is 1.